The highest BCUT2D eigenvalue weighted by Gasteiger charge is 2.11. The zero-order valence-electron chi connectivity index (χ0n) is 8.22. The van der Waals surface area contributed by atoms with E-state index in [0.29, 0.717) is 5.69 Å². The van der Waals surface area contributed by atoms with Crippen LogP contribution in [0.5, 0.6) is 0 Å². The van der Waals surface area contributed by atoms with E-state index in [1.165, 1.54) is 0 Å². The van der Waals surface area contributed by atoms with Crippen LogP contribution in [0.1, 0.15) is 22.9 Å². The van der Waals surface area contributed by atoms with Crippen LogP contribution in [0.4, 0.5) is 0 Å². The Bertz CT molecular complexity index is 422. The van der Waals surface area contributed by atoms with Gasteiger partial charge in [-0.1, -0.05) is 30.3 Å². The molecule has 0 bridgehead atoms. The molecule has 0 aliphatic carbocycles. The van der Waals surface area contributed by atoms with Crippen LogP contribution in [-0.4, -0.2) is 15.2 Å². The number of hydrogen-bond donors (Lipinski definition) is 3. The maximum absolute atomic E-state index is 10.00. The zero-order chi connectivity index (χ0) is 10.7. The summed E-state index contributed by atoms with van der Waals surface area (Å²) in [7, 11) is 0. The Hall–Kier alpha value is -1.58. The van der Waals surface area contributed by atoms with E-state index >= 15 is 0 Å². The van der Waals surface area contributed by atoms with Crippen molar-refractivity contribution < 1.29 is 10.2 Å². The lowest BCUT2D eigenvalue weighted by Crippen LogP contribution is -1.97. The van der Waals surface area contributed by atoms with E-state index in [-0.39, 0.29) is 6.61 Å². The van der Waals surface area contributed by atoms with E-state index in [1.54, 1.807) is 12.3 Å². The minimum atomic E-state index is -0.636. The van der Waals surface area contributed by atoms with Crippen LogP contribution < -0.4 is 0 Å². The molecule has 1 aromatic heterocycles. The molecule has 2 rings (SSSR count). The number of aromatic nitrogens is 1. The van der Waals surface area contributed by atoms with Gasteiger partial charge in [0.2, 0.25) is 0 Å². The molecule has 78 valence electrons. The number of aliphatic hydroxyl groups is 2. The zero-order valence-corrected chi connectivity index (χ0v) is 8.22. The van der Waals surface area contributed by atoms with E-state index < -0.39 is 6.10 Å². The largest absolute Gasteiger partial charge is 0.390 e. The average Bonchev–Trinajstić information content (AvgIpc) is 2.78. The molecule has 0 fully saturated rings. The SMILES string of the molecule is OCc1cc(C(O)c2ccccc2)c[nH]1. The van der Waals surface area contributed by atoms with Gasteiger partial charge in [-0.2, -0.15) is 0 Å². The molecule has 3 N–H and O–H groups in total. The van der Waals surface area contributed by atoms with Crippen molar-refractivity contribution in [3.63, 3.8) is 0 Å². The summed E-state index contributed by atoms with van der Waals surface area (Å²) in [6.07, 6.45) is 1.08. The molecule has 0 aliphatic heterocycles. The second kappa shape index (κ2) is 4.29. The average molecular weight is 203 g/mol. The highest BCUT2D eigenvalue weighted by molar-refractivity contribution is 5.29. The second-order valence-electron chi connectivity index (χ2n) is 3.43. The van der Waals surface area contributed by atoms with E-state index in [0.717, 1.165) is 11.1 Å². The van der Waals surface area contributed by atoms with Gasteiger partial charge in [0.25, 0.3) is 0 Å². The molecule has 3 heteroatoms. The first kappa shape index (κ1) is 9.96. The molecule has 3 nitrogen and oxygen atoms in total. The third-order valence-corrected chi connectivity index (χ3v) is 2.37. The molecule has 1 atom stereocenters. The van der Waals surface area contributed by atoms with Crippen LogP contribution in [0.15, 0.2) is 42.6 Å². The standard InChI is InChI=1S/C12H13NO2/c14-8-11-6-10(7-13-11)12(15)9-4-2-1-3-5-9/h1-7,12-15H,8H2. The van der Waals surface area contributed by atoms with Gasteiger partial charge in [0.15, 0.2) is 0 Å². The van der Waals surface area contributed by atoms with Crippen LogP contribution >= 0.6 is 0 Å². The highest BCUT2D eigenvalue weighted by Crippen LogP contribution is 2.21. The molecule has 0 saturated carbocycles. The van der Waals surface area contributed by atoms with Crippen molar-refractivity contribution in [1.82, 2.24) is 4.98 Å². The van der Waals surface area contributed by atoms with Gasteiger partial charge in [-0.25, -0.2) is 0 Å². The Balaban J connectivity index is 2.24. The van der Waals surface area contributed by atoms with Crippen LogP contribution in [0.3, 0.4) is 0 Å². The maximum Gasteiger partial charge on any atom is 0.106 e. The molecular weight excluding hydrogens is 190 g/mol. The van der Waals surface area contributed by atoms with Crippen molar-refractivity contribution in [3.05, 3.63) is 59.4 Å². The number of rotatable bonds is 3. The maximum atomic E-state index is 10.00. The molecule has 1 aromatic carbocycles. The Morgan fingerprint density at radius 3 is 2.47 bits per heavy atom. The first-order valence-corrected chi connectivity index (χ1v) is 4.82. The van der Waals surface area contributed by atoms with Gasteiger partial charge in [0.1, 0.15) is 6.10 Å². The Labute approximate surface area is 88.0 Å². The first-order chi connectivity index (χ1) is 7.31. The fraction of sp³-hybridized carbons (Fsp3) is 0.167. The van der Waals surface area contributed by atoms with E-state index in [9.17, 15) is 5.11 Å². The quantitative estimate of drug-likeness (QED) is 0.709. The lowest BCUT2D eigenvalue weighted by Gasteiger charge is -2.08. The fourth-order valence-electron chi connectivity index (χ4n) is 1.54. The van der Waals surface area contributed by atoms with Gasteiger partial charge < -0.3 is 15.2 Å². The first-order valence-electron chi connectivity index (χ1n) is 4.82. The number of benzene rings is 1. The summed E-state index contributed by atoms with van der Waals surface area (Å²) in [5.41, 5.74) is 2.33. The van der Waals surface area contributed by atoms with Crippen LogP contribution in [-0.2, 0) is 6.61 Å². The van der Waals surface area contributed by atoms with Crippen LogP contribution in [0.2, 0.25) is 0 Å². The summed E-state index contributed by atoms with van der Waals surface area (Å²) in [6.45, 7) is -0.0402. The van der Waals surface area contributed by atoms with Gasteiger partial charge in [-0.3, -0.25) is 0 Å². The van der Waals surface area contributed by atoms with Crippen LogP contribution in [0, 0.1) is 0 Å². The highest BCUT2D eigenvalue weighted by atomic mass is 16.3. The normalized spacial score (nSPS) is 12.7. The van der Waals surface area contributed by atoms with Gasteiger partial charge in [-0.15, -0.1) is 0 Å². The molecule has 15 heavy (non-hydrogen) atoms. The lowest BCUT2D eigenvalue weighted by molar-refractivity contribution is 0.220. The number of aliphatic hydroxyl groups excluding tert-OH is 2. The van der Waals surface area contributed by atoms with Crippen molar-refractivity contribution in [3.8, 4) is 0 Å². The van der Waals surface area contributed by atoms with Crippen molar-refractivity contribution in [2.45, 2.75) is 12.7 Å². The number of H-pyrrole nitrogens is 1. The molecule has 1 heterocycles. The van der Waals surface area contributed by atoms with Crippen molar-refractivity contribution >= 4 is 0 Å². The molecule has 0 saturated heterocycles. The number of aromatic amines is 1. The summed E-state index contributed by atoms with van der Waals surface area (Å²) in [6, 6.07) is 11.2. The molecule has 0 radical (unpaired) electrons. The van der Waals surface area contributed by atoms with Crippen molar-refractivity contribution in [1.29, 1.82) is 0 Å². The predicted molar refractivity (Wildman–Crippen MR) is 57.2 cm³/mol. The van der Waals surface area contributed by atoms with Gasteiger partial charge >= 0.3 is 0 Å². The smallest absolute Gasteiger partial charge is 0.106 e. The Morgan fingerprint density at radius 2 is 1.87 bits per heavy atom. The summed E-state index contributed by atoms with van der Waals surface area (Å²) in [5, 5.41) is 18.9. The summed E-state index contributed by atoms with van der Waals surface area (Å²) >= 11 is 0. The Kier molecular flexibility index (Phi) is 2.85. The van der Waals surface area contributed by atoms with Crippen molar-refractivity contribution in [2.75, 3.05) is 0 Å². The summed E-state index contributed by atoms with van der Waals surface area (Å²) in [5.74, 6) is 0. The van der Waals surface area contributed by atoms with E-state index in [4.69, 9.17) is 5.11 Å². The monoisotopic (exact) mass is 203 g/mol. The second-order valence-corrected chi connectivity index (χ2v) is 3.43. The topological polar surface area (TPSA) is 56.2 Å². The van der Waals surface area contributed by atoms with Gasteiger partial charge in [0, 0.05) is 17.5 Å². The van der Waals surface area contributed by atoms with Gasteiger partial charge in [-0.05, 0) is 11.6 Å². The molecule has 0 amide bonds. The van der Waals surface area contributed by atoms with E-state index in [2.05, 4.69) is 4.98 Å². The minimum Gasteiger partial charge on any atom is -0.390 e. The fourth-order valence-corrected chi connectivity index (χ4v) is 1.54. The molecule has 1 unspecified atom stereocenters. The Morgan fingerprint density at radius 1 is 1.13 bits per heavy atom. The van der Waals surface area contributed by atoms with E-state index in [1.807, 2.05) is 30.3 Å². The third-order valence-electron chi connectivity index (χ3n) is 2.37. The van der Waals surface area contributed by atoms with Crippen molar-refractivity contribution in [2.24, 2.45) is 0 Å². The lowest BCUT2D eigenvalue weighted by atomic mass is 10.0. The summed E-state index contributed by atoms with van der Waals surface area (Å²) < 4.78 is 0. The van der Waals surface area contributed by atoms with Gasteiger partial charge in [0.05, 0.1) is 6.61 Å². The third kappa shape index (κ3) is 2.09. The predicted octanol–water partition coefficient (Wildman–Crippen LogP) is 1.59. The molecule has 0 aliphatic rings. The summed E-state index contributed by atoms with van der Waals surface area (Å²) in [4.78, 5) is 2.90. The van der Waals surface area contributed by atoms with Crippen LogP contribution in [0.25, 0.3) is 0 Å². The minimum absolute atomic E-state index is 0.0402. The molecule has 2 aromatic rings. The molecular formula is C12H13NO2. The molecule has 0 spiro atoms. The number of nitrogens with one attached hydrogen (secondary N) is 1. The number of hydrogen-bond acceptors (Lipinski definition) is 2.